The number of ether oxygens (including phenoxy) is 1. The summed E-state index contributed by atoms with van der Waals surface area (Å²) in [6, 6.07) is 7.05. The molecule has 0 radical (unpaired) electrons. The third kappa shape index (κ3) is 3.29. The fraction of sp³-hybridized carbons (Fsp3) is 0.467. The second-order valence-electron chi connectivity index (χ2n) is 5.06. The van der Waals surface area contributed by atoms with Crippen molar-refractivity contribution in [3.8, 4) is 5.75 Å². The van der Waals surface area contributed by atoms with Crippen LogP contribution in [0.25, 0.3) is 0 Å². The first-order valence-electron chi connectivity index (χ1n) is 6.79. The van der Waals surface area contributed by atoms with Gasteiger partial charge in [-0.1, -0.05) is 18.9 Å². The van der Waals surface area contributed by atoms with Gasteiger partial charge >= 0.3 is 5.97 Å². The Morgan fingerprint density at radius 1 is 1.25 bits per heavy atom. The van der Waals surface area contributed by atoms with Crippen molar-refractivity contribution in [1.82, 2.24) is 0 Å². The van der Waals surface area contributed by atoms with E-state index in [-0.39, 0.29) is 5.91 Å². The summed E-state index contributed by atoms with van der Waals surface area (Å²) in [6.07, 6.45) is 2.98. The van der Waals surface area contributed by atoms with E-state index in [1.165, 1.54) is 0 Å². The van der Waals surface area contributed by atoms with Crippen LogP contribution < -0.4 is 10.1 Å². The summed E-state index contributed by atoms with van der Waals surface area (Å²) in [4.78, 5) is 23.5. The maximum atomic E-state index is 12.3. The minimum Gasteiger partial charge on any atom is -0.497 e. The monoisotopic (exact) mass is 277 g/mol. The fourth-order valence-corrected chi connectivity index (χ4v) is 2.68. The molecule has 5 heteroatoms. The molecule has 1 fully saturated rings. The van der Waals surface area contributed by atoms with Gasteiger partial charge in [-0.2, -0.15) is 0 Å². The van der Waals surface area contributed by atoms with E-state index in [2.05, 4.69) is 5.32 Å². The number of anilines is 1. The number of rotatable bonds is 4. The number of hydrogen-bond donors (Lipinski definition) is 2. The molecule has 2 N–H and O–H groups in total. The molecule has 0 bridgehead atoms. The second kappa shape index (κ2) is 6.41. The zero-order chi connectivity index (χ0) is 14.5. The van der Waals surface area contributed by atoms with E-state index in [9.17, 15) is 14.7 Å². The van der Waals surface area contributed by atoms with E-state index in [1.807, 2.05) is 0 Å². The van der Waals surface area contributed by atoms with E-state index in [1.54, 1.807) is 31.4 Å². The maximum Gasteiger partial charge on any atom is 0.307 e. The lowest BCUT2D eigenvalue weighted by Gasteiger charge is -2.27. The van der Waals surface area contributed by atoms with Gasteiger partial charge in [-0.3, -0.25) is 9.59 Å². The number of carboxylic acid groups (broad SMARTS) is 1. The van der Waals surface area contributed by atoms with Crippen LogP contribution in [-0.4, -0.2) is 24.1 Å². The Morgan fingerprint density at radius 2 is 1.95 bits per heavy atom. The molecule has 5 nitrogen and oxygen atoms in total. The van der Waals surface area contributed by atoms with Crippen LogP contribution in [0.3, 0.4) is 0 Å². The molecule has 1 aliphatic rings. The summed E-state index contributed by atoms with van der Waals surface area (Å²) in [5.74, 6) is -1.47. The Bertz CT molecular complexity index is 500. The van der Waals surface area contributed by atoms with E-state index in [0.717, 1.165) is 12.8 Å². The number of benzene rings is 1. The van der Waals surface area contributed by atoms with Gasteiger partial charge in [0.15, 0.2) is 0 Å². The molecule has 20 heavy (non-hydrogen) atoms. The van der Waals surface area contributed by atoms with Crippen LogP contribution in [0.5, 0.6) is 5.75 Å². The first kappa shape index (κ1) is 14.4. The van der Waals surface area contributed by atoms with Crippen molar-refractivity contribution >= 4 is 17.6 Å². The number of nitrogens with one attached hydrogen (secondary N) is 1. The zero-order valence-electron chi connectivity index (χ0n) is 11.5. The van der Waals surface area contributed by atoms with Gasteiger partial charge in [-0.05, 0) is 25.0 Å². The van der Waals surface area contributed by atoms with Crippen molar-refractivity contribution in [3.63, 3.8) is 0 Å². The van der Waals surface area contributed by atoms with Crippen LogP contribution in [0.15, 0.2) is 24.3 Å². The zero-order valence-corrected chi connectivity index (χ0v) is 11.5. The minimum absolute atomic E-state index is 0.217. The third-order valence-corrected chi connectivity index (χ3v) is 3.76. The average molecular weight is 277 g/mol. The van der Waals surface area contributed by atoms with Gasteiger partial charge in [0.2, 0.25) is 5.91 Å². The van der Waals surface area contributed by atoms with Crippen LogP contribution in [0, 0.1) is 11.8 Å². The predicted octanol–water partition coefficient (Wildman–Crippen LogP) is 2.52. The highest BCUT2D eigenvalue weighted by Crippen LogP contribution is 2.31. The molecule has 0 spiro atoms. The molecule has 0 saturated heterocycles. The van der Waals surface area contributed by atoms with E-state index >= 15 is 0 Å². The van der Waals surface area contributed by atoms with Crippen molar-refractivity contribution in [3.05, 3.63) is 24.3 Å². The summed E-state index contributed by atoms with van der Waals surface area (Å²) in [5, 5.41) is 12.0. The number of amides is 1. The Hall–Kier alpha value is -2.04. The highest BCUT2D eigenvalue weighted by atomic mass is 16.5. The minimum atomic E-state index is -0.879. The Balaban J connectivity index is 2.07. The summed E-state index contributed by atoms with van der Waals surface area (Å²) >= 11 is 0. The largest absolute Gasteiger partial charge is 0.497 e. The van der Waals surface area contributed by atoms with Gasteiger partial charge in [0.1, 0.15) is 5.75 Å². The van der Waals surface area contributed by atoms with Crippen LogP contribution in [0.2, 0.25) is 0 Å². The molecule has 108 valence electrons. The average Bonchev–Trinajstić information content (AvgIpc) is 2.47. The highest BCUT2D eigenvalue weighted by molar-refractivity contribution is 5.95. The fourth-order valence-electron chi connectivity index (χ4n) is 2.68. The Kier molecular flexibility index (Phi) is 4.61. The smallest absolute Gasteiger partial charge is 0.307 e. The van der Waals surface area contributed by atoms with Gasteiger partial charge < -0.3 is 15.2 Å². The summed E-state index contributed by atoms with van der Waals surface area (Å²) in [7, 11) is 1.56. The molecule has 1 amide bonds. The van der Waals surface area contributed by atoms with Gasteiger partial charge in [0, 0.05) is 11.8 Å². The number of carbonyl (C=O) groups is 2. The van der Waals surface area contributed by atoms with Gasteiger partial charge in [-0.15, -0.1) is 0 Å². The number of carboxylic acids is 1. The molecule has 2 unspecified atom stereocenters. The summed E-state index contributed by atoms with van der Waals surface area (Å²) < 4.78 is 5.10. The number of aliphatic carboxylic acids is 1. The standard InChI is InChI=1S/C15H19NO4/c1-20-11-6-4-5-10(9-11)16-14(17)12-7-2-3-8-13(12)15(18)19/h4-6,9,12-13H,2-3,7-8H2,1H3,(H,16,17)(H,18,19). The lowest BCUT2D eigenvalue weighted by atomic mass is 9.78. The third-order valence-electron chi connectivity index (χ3n) is 3.76. The lowest BCUT2D eigenvalue weighted by molar-refractivity contribution is -0.147. The maximum absolute atomic E-state index is 12.3. The summed E-state index contributed by atoms with van der Waals surface area (Å²) in [5.41, 5.74) is 0.629. The predicted molar refractivity (Wildman–Crippen MR) is 74.7 cm³/mol. The van der Waals surface area contributed by atoms with Crippen molar-refractivity contribution in [2.24, 2.45) is 11.8 Å². The normalized spacial score (nSPS) is 22.1. The van der Waals surface area contributed by atoms with Crippen LogP contribution in [0.1, 0.15) is 25.7 Å². The van der Waals surface area contributed by atoms with Crippen molar-refractivity contribution in [1.29, 1.82) is 0 Å². The molecule has 1 aromatic carbocycles. The molecule has 0 aromatic heterocycles. The van der Waals surface area contributed by atoms with Gasteiger partial charge in [-0.25, -0.2) is 0 Å². The molecule has 0 heterocycles. The Morgan fingerprint density at radius 3 is 2.60 bits per heavy atom. The first-order valence-corrected chi connectivity index (χ1v) is 6.79. The lowest BCUT2D eigenvalue weighted by Crippen LogP contribution is -2.36. The Labute approximate surface area is 117 Å². The molecular formula is C15H19NO4. The molecule has 1 saturated carbocycles. The first-order chi connectivity index (χ1) is 9.61. The number of carbonyl (C=O) groups excluding carboxylic acids is 1. The van der Waals surface area contributed by atoms with E-state index in [0.29, 0.717) is 24.3 Å². The van der Waals surface area contributed by atoms with Crippen molar-refractivity contribution < 1.29 is 19.4 Å². The van der Waals surface area contributed by atoms with Crippen molar-refractivity contribution in [2.45, 2.75) is 25.7 Å². The molecular weight excluding hydrogens is 258 g/mol. The van der Waals surface area contributed by atoms with Gasteiger partial charge in [0.05, 0.1) is 18.9 Å². The van der Waals surface area contributed by atoms with Crippen LogP contribution in [0.4, 0.5) is 5.69 Å². The SMILES string of the molecule is COc1cccc(NC(=O)C2CCCCC2C(=O)O)c1. The molecule has 2 rings (SSSR count). The summed E-state index contributed by atoms with van der Waals surface area (Å²) in [6.45, 7) is 0. The van der Waals surface area contributed by atoms with E-state index in [4.69, 9.17) is 4.74 Å². The topological polar surface area (TPSA) is 75.6 Å². The molecule has 1 aliphatic carbocycles. The number of methoxy groups -OCH3 is 1. The molecule has 1 aromatic rings. The quantitative estimate of drug-likeness (QED) is 0.886. The second-order valence-corrected chi connectivity index (χ2v) is 5.06. The highest BCUT2D eigenvalue weighted by Gasteiger charge is 2.35. The molecule has 2 atom stereocenters. The van der Waals surface area contributed by atoms with Crippen LogP contribution >= 0.6 is 0 Å². The van der Waals surface area contributed by atoms with E-state index < -0.39 is 17.8 Å². The molecule has 0 aliphatic heterocycles. The number of hydrogen-bond acceptors (Lipinski definition) is 3. The van der Waals surface area contributed by atoms with Crippen molar-refractivity contribution in [2.75, 3.05) is 12.4 Å². The van der Waals surface area contributed by atoms with Gasteiger partial charge in [0.25, 0.3) is 0 Å². The van der Waals surface area contributed by atoms with Crippen LogP contribution in [-0.2, 0) is 9.59 Å².